The van der Waals surface area contributed by atoms with E-state index in [2.05, 4.69) is 4.72 Å². The number of sulfonamides is 1. The van der Waals surface area contributed by atoms with Crippen molar-refractivity contribution in [1.29, 1.82) is 0 Å². The van der Waals surface area contributed by atoms with Gasteiger partial charge in [-0.05, 0) is 32.0 Å². The van der Waals surface area contributed by atoms with Crippen molar-refractivity contribution in [2.45, 2.75) is 24.8 Å². The van der Waals surface area contributed by atoms with E-state index in [1.807, 2.05) is 0 Å². The Morgan fingerprint density at radius 1 is 1.39 bits per heavy atom. The van der Waals surface area contributed by atoms with E-state index in [0.29, 0.717) is 0 Å². The van der Waals surface area contributed by atoms with E-state index in [-0.39, 0.29) is 22.3 Å². The zero-order valence-corrected chi connectivity index (χ0v) is 11.1. The first-order valence-corrected chi connectivity index (χ1v) is 6.70. The lowest BCUT2D eigenvalue weighted by Crippen LogP contribution is -2.30. The Kier molecular flexibility index (Phi) is 4.31. The molecule has 6 nitrogen and oxygen atoms in total. The van der Waals surface area contributed by atoms with E-state index < -0.39 is 16.0 Å². The quantitative estimate of drug-likeness (QED) is 0.837. The second-order valence-electron chi connectivity index (χ2n) is 3.95. The summed E-state index contributed by atoms with van der Waals surface area (Å²) in [5.74, 6) is -1.14. The molecule has 0 aliphatic carbocycles. The van der Waals surface area contributed by atoms with Crippen LogP contribution in [0, 0.1) is 0 Å². The van der Waals surface area contributed by atoms with Gasteiger partial charge in [0.05, 0.1) is 12.7 Å². The molecule has 2 N–H and O–H groups in total. The summed E-state index contributed by atoms with van der Waals surface area (Å²) >= 11 is 0. The molecule has 0 saturated heterocycles. The van der Waals surface area contributed by atoms with E-state index in [4.69, 9.17) is 9.84 Å². The third-order valence-electron chi connectivity index (χ3n) is 2.09. The number of carboxylic acid groups (broad SMARTS) is 1. The number of aromatic carboxylic acids is 1. The van der Waals surface area contributed by atoms with Crippen LogP contribution in [0.4, 0.5) is 0 Å². The first kappa shape index (κ1) is 14.5. The van der Waals surface area contributed by atoms with Crippen LogP contribution in [-0.4, -0.2) is 32.6 Å². The van der Waals surface area contributed by atoms with Crippen molar-refractivity contribution in [3.63, 3.8) is 0 Å². The smallest absolute Gasteiger partial charge is 0.335 e. The Hall–Kier alpha value is -1.60. The molecule has 0 amide bonds. The highest BCUT2D eigenvalue weighted by Gasteiger charge is 2.21. The fourth-order valence-electron chi connectivity index (χ4n) is 1.40. The third kappa shape index (κ3) is 3.21. The highest BCUT2D eigenvalue weighted by Crippen LogP contribution is 2.25. The van der Waals surface area contributed by atoms with Crippen LogP contribution in [0.5, 0.6) is 5.75 Å². The van der Waals surface area contributed by atoms with Crippen LogP contribution in [0.1, 0.15) is 24.2 Å². The second-order valence-corrected chi connectivity index (χ2v) is 5.63. The first-order chi connectivity index (χ1) is 8.27. The van der Waals surface area contributed by atoms with Gasteiger partial charge in [-0.15, -0.1) is 0 Å². The van der Waals surface area contributed by atoms with Crippen LogP contribution >= 0.6 is 0 Å². The minimum absolute atomic E-state index is 0.00282. The van der Waals surface area contributed by atoms with Crippen molar-refractivity contribution in [3.8, 4) is 5.75 Å². The zero-order chi connectivity index (χ0) is 13.9. The Morgan fingerprint density at radius 2 is 2.00 bits per heavy atom. The maximum atomic E-state index is 12.0. The van der Waals surface area contributed by atoms with Crippen molar-refractivity contribution in [2.75, 3.05) is 7.11 Å². The average Bonchev–Trinajstić information content (AvgIpc) is 2.26. The lowest BCUT2D eigenvalue weighted by atomic mass is 10.2. The van der Waals surface area contributed by atoms with Gasteiger partial charge in [0.2, 0.25) is 10.0 Å². The number of nitrogens with one attached hydrogen (secondary N) is 1. The summed E-state index contributed by atoms with van der Waals surface area (Å²) in [6, 6.07) is 3.35. The van der Waals surface area contributed by atoms with Gasteiger partial charge in [-0.25, -0.2) is 17.9 Å². The molecule has 0 saturated carbocycles. The maximum Gasteiger partial charge on any atom is 0.335 e. The SMILES string of the molecule is COc1cc(C(=O)O)ccc1S(=O)(=O)NC(C)C. The summed E-state index contributed by atoms with van der Waals surface area (Å²) in [6.45, 7) is 3.38. The van der Waals surface area contributed by atoms with Gasteiger partial charge in [0.25, 0.3) is 0 Å². The number of rotatable bonds is 5. The molecule has 0 fully saturated rings. The number of hydrogen-bond acceptors (Lipinski definition) is 4. The fraction of sp³-hybridized carbons (Fsp3) is 0.364. The molecule has 1 aromatic carbocycles. The molecular formula is C11H15NO5S. The molecule has 0 unspecified atom stereocenters. The molecule has 0 heterocycles. The minimum atomic E-state index is -3.71. The van der Waals surface area contributed by atoms with Crippen molar-refractivity contribution in [3.05, 3.63) is 23.8 Å². The molecule has 0 aliphatic rings. The van der Waals surface area contributed by atoms with Gasteiger partial charge in [0.15, 0.2) is 0 Å². The van der Waals surface area contributed by atoms with Crippen molar-refractivity contribution >= 4 is 16.0 Å². The number of benzene rings is 1. The van der Waals surface area contributed by atoms with Crippen molar-refractivity contribution < 1.29 is 23.1 Å². The Balaban J connectivity index is 3.29. The van der Waals surface area contributed by atoms with E-state index in [1.165, 1.54) is 25.3 Å². The monoisotopic (exact) mass is 273 g/mol. The van der Waals surface area contributed by atoms with Gasteiger partial charge in [-0.2, -0.15) is 0 Å². The summed E-state index contributed by atoms with van der Waals surface area (Å²) in [5.41, 5.74) is -0.0321. The number of methoxy groups -OCH3 is 1. The van der Waals surface area contributed by atoms with Crippen LogP contribution in [-0.2, 0) is 10.0 Å². The standard InChI is InChI=1S/C11H15NO5S/c1-7(2)12-18(15,16)10-5-4-8(11(13)14)6-9(10)17-3/h4-7,12H,1-3H3,(H,13,14). The summed E-state index contributed by atoms with van der Waals surface area (Å²) in [6.07, 6.45) is 0. The normalized spacial score (nSPS) is 11.6. The van der Waals surface area contributed by atoms with Crippen LogP contribution in [0.15, 0.2) is 23.1 Å². The summed E-state index contributed by atoms with van der Waals surface area (Å²) < 4.78 is 31.3. The second kappa shape index (κ2) is 5.36. The lowest BCUT2D eigenvalue weighted by molar-refractivity contribution is 0.0696. The molecule has 0 atom stereocenters. The number of carboxylic acids is 1. The van der Waals surface area contributed by atoms with E-state index >= 15 is 0 Å². The Morgan fingerprint density at radius 3 is 2.44 bits per heavy atom. The molecule has 0 radical (unpaired) electrons. The van der Waals surface area contributed by atoms with Gasteiger partial charge in [0.1, 0.15) is 10.6 Å². The third-order valence-corrected chi connectivity index (χ3v) is 3.79. The molecular weight excluding hydrogens is 258 g/mol. The molecule has 1 rings (SSSR count). The molecule has 0 aromatic heterocycles. The van der Waals surface area contributed by atoms with E-state index in [9.17, 15) is 13.2 Å². The molecule has 18 heavy (non-hydrogen) atoms. The lowest BCUT2D eigenvalue weighted by Gasteiger charge is -2.13. The van der Waals surface area contributed by atoms with Crippen molar-refractivity contribution in [2.24, 2.45) is 0 Å². The van der Waals surface area contributed by atoms with E-state index in [0.717, 1.165) is 0 Å². The molecule has 0 aliphatic heterocycles. The van der Waals surface area contributed by atoms with Crippen LogP contribution < -0.4 is 9.46 Å². The van der Waals surface area contributed by atoms with Crippen LogP contribution in [0.3, 0.4) is 0 Å². The fourth-order valence-corrected chi connectivity index (χ4v) is 2.80. The van der Waals surface area contributed by atoms with Gasteiger partial charge in [-0.3, -0.25) is 0 Å². The Bertz CT molecular complexity index is 551. The molecule has 100 valence electrons. The van der Waals surface area contributed by atoms with E-state index in [1.54, 1.807) is 13.8 Å². The average molecular weight is 273 g/mol. The molecule has 0 spiro atoms. The number of hydrogen-bond donors (Lipinski definition) is 2. The zero-order valence-electron chi connectivity index (χ0n) is 10.3. The summed E-state index contributed by atoms with van der Waals surface area (Å²) in [5, 5.41) is 8.82. The predicted molar refractivity (Wildman–Crippen MR) is 65.4 cm³/mol. The first-order valence-electron chi connectivity index (χ1n) is 5.21. The van der Waals surface area contributed by atoms with Gasteiger partial charge in [-0.1, -0.05) is 0 Å². The molecule has 1 aromatic rings. The largest absolute Gasteiger partial charge is 0.495 e. The minimum Gasteiger partial charge on any atom is -0.495 e. The molecule has 0 bridgehead atoms. The predicted octanol–water partition coefficient (Wildman–Crippen LogP) is 1.08. The molecule has 7 heteroatoms. The summed E-state index contributed by atoms with van der Waals surface area (Å²) in [7, 11) is -2.43. The van der Waals surface area contributed by atoms with Gasteiger partial charge >= 0.3 is 5.97 Å². The highest BCUT2D eigenvalue weighted by atomic mass is 32.2. The van der Waals surface area contributed by atoms with Crippen LogP contribution in [0.25, 0.3) is 0 Å². The van der Waals surface area contributed by atoms with Crippen molar-refractivity contribution in [1.82, 2.24) is 4.72 Å². The topological polar surface area (TPSA) is 92.7 Å². The maximum absolute atomic E-state index is 12.0. The Labute approximate surface area is 106 Å². The highest BCUT2D eigenvalue weighted by molar-refractivity contribution is 7.89. The summed E-state index contributed by atoms with van der Waals surface area (Å²) in [4.78, 5) is 10.7. The van der Waals surface area contributed by atoms with Gasteiger partial charge in [0, 0.05) is 6.04 Å². The van der Waals surface area contributed by atoms with Gasteiger partial charge < -0.3 is 9.84 Å². The number of carbonyl (C=O) groups is 1. The number of ether oxygens (including phenoxy) is 1. The van der Waals surface area contributed by atoms with Crippen LogP contribution in [0.2, 0.25) is 0 Å².